The fourth-order valence-electron chi connectivity index (χ4n) is 2.14. The molecule has 102 valence electrons. The van der Waals surface area contributed by atoms with E-state index in [1.165, 1.54) is 5.56 Å². The van der Waals surface area contributed by atoms with E-state index in [0.717, 1.165) is 5.75 Å². The zero-order valence-electron chi connectivity index (χ0n) is 12.1. The molecule has 0 fully saturated rings. The molecule has 1 aromatic rings. The van der Waals surface area contributed by atoms with Crippen LogP contribution in [0.3, 0.4) is 0 Å². The van der Waals surface area contributed by atoms with Crippen molar-refractivity contribution in [1.29, 1.82) is 0 Å². The average Bonchev–Trinajstić information content (AvgIpc) is 2.30. The van der Waals surface area contributed by atoms with Crippen LogP contribution in [0.1, 0.15) is 32.4 Å². The van der Waals surface area contributed by atoms with Crippen LogP contribution >= 0.6 is 0 Å². The van der Waals surface area contributed by atoms with E-state index in [2.05, 4.69) is 38.2 Å². The maximum absolute atomic E-state index is 5.79. The number of nitrogens with one attached hydrogen (secondary N) is 1. The molecular formula is C15H25NO2. The van der Waals surface area contributed by atoms with Gasteiger partial charge in [-0.1, -0.05) is 39.0 Å². The first-order valence-corrected chi connectivity index (χ1v) is 6.38. The largest absolute Gasteiger partial charge is 0.491 e. The molecule has 0 spiro atoms. The van der Waals surface area contributed by atoms with Gasteiger partial charge in [0.25, 0.3) is 0 Å². The summed E-state index contributed by atoms with van der Waals surface area (Å²) in [5.74, 6) is 0.934. The van der Waals surface area contributed by atoms with Gasteiger partial charge in [-0.25, -0.2) is 0 Å². The first-order valence-electron chi connectivity index (χ1n) is 6.38. The maximum atomic E-state index is 5.79. The van der Waals surface area contributed by atoms with E-state index < -0.39 is 0 Å². The monoisotopic (exact) mass is 251 g/mol. The van der Waals surface area contributed by atoms with Gasteiger partial charge >= 0.3 is 0 Å². The molecule has 1 aromatic carbocycles. The van der Waals surface area contributed by atoms with Crippen molar-refractivity contribution in [3.63, 3.8) is 0 Å². The Hall–Kier alpha value is -1.06. The second kappa shape index (κ2) is 6.76. The van der Waals surface area contributed by atoms with E-state index in [4.69, 9.17) is 9.47 Å². The van der Waals surface area contributed by atoms with Gasteiger partial charge in [-0.15, -0.1) is 0 Å². The van der Waals surface area contributed by atoms with Gasteiger partial charge in [-0.2, -0.15) is 0 Å². The standard InChI is InChI=1S/C15H25NO2/c1-15(2,3)14(16-4)12-8-6-7-9-13(12)18-11-10-17-5/h6-9,14,16H,10-11H2,1-5H3. The normalized spacial score (nSPS) is 13.4. The van der Waals surface area contributed by atoms with Gasteiger partial charge in [0.15, 0.2) is 0 Å². The molecule has 1 atom stereocenters. The molecular weight excluding hydrogens is 226 g/mol. The summed E-state index contributed by atoms with van der Waals surface area (Å²) >= 11 is 0. The van der Waals surface area contributed by atoms with Crippen molar-refractivity contribution in [3.05, 3.63) is 29.8 Å². The van der Waals surface area contributed by atoms with Crippen LogP contribution in [0.5, 0.6) is 5.75 Å². The summed E-state index contributed by atoms with van der Waals surface area (Å²) in [4.78, 5) is 0. The minimum absolute atomic E-state index is 0.134. The van der Waals surface area contributed by atoms with E-state index in [-0.39, 0.29) is 11.5 Å². The third-order valence-electron chi connectivity index (χ3n) is 2.93. The van der Waals surface area contributed by atoms with Crippen molar-refractivity contribution in [2.45, 2.75) is 26.8 Å². The van der Waals surface area contributed by atoms with Gasteiger partial charge in [-0.3, -0.25) is 0 Å². The van der Waals surface area contributed by atoms with Crippen LogP contribution < -0.4 is 10.1 Å². The minimum atomic E-state index is 0.134. The van der Waals surface area contributed by atoms with E-state index in [1.54, 1.807) is 7.11 Å². The highest BCUT2D eigenvalue weighted by molar-refractivity contribution is 5.36. The van der Waals surface area contributed by atoms with E-state index in [1.807, 2.05) is 19.2 Å². The number of methoxy groups -OCH3 is 1. The number of benzene rings is 1. The molecule has 0 aliphatic heterocycles. The highest BCUT2D eigenvalue weighted by Crippen LogP contribution is 2.36. The first-order chi connectivity index (χ1) is 8.50. The minimum Gasteiger partial charge on any atom is -0.491 e. The van der Waals surface area contributed by atoms with Crippen LogP contribution in [0.4, 0.5) is 0 Å². The van der Waals surface area contributed by atoms with Gasteiger partial charge in [-0.05, 0) is 18.5 Å². The smallest absolute Gasteiger partial charge is 0.124 e. The molecule has 0 bridgehead atoms. The summed E-state index contributed by atoms with van der Waals surface area (Å²) in [6.07, 6.45) is 0. The van der Waals surface area contributed by atoms with Gasteiger partial charge in [0.2, 0.25) is 0 Å². The summed E-state index contributed by atoms with van der Waals surface area (Å²) in [6, 6.07) is 8.45. The number of rotatable bonds is 6. The predicted octanol–water partition coefficient (Wildman–Crippen LogP) is 3.02. The Morgan fingerprint density at radius 1 is 1.17 bits per heavy atom. The summed E-state index contributed by atoms with van der Waals surface area (Å²) in [5.41, 5.74) is 1.33. The molecule has 1 N–H and O–H groups in total. The fraction of sp³-hybridized carbons (Fsp3) is 0.600. The molecule has 0 aliphatic rings. The third kappa shape index (κ3) is 4.00. The van der Waals surface area contributed by atoms with E-state index in [9.17, 15) is 0 Å². The Balaban J connectivity index is 2.92. The van der Waals surface area contributed by atoms with Crippen molar-refractivity contribution < 1.29 is 9.47 Å². The molecule has 1 rings (SSSR count). The van der Waals surface area contributed by atoms with Gasteiger partial charge < -0.3 is 14.8 Å². The van der Waals surface area contributed by atoms with Crippen molar-refractivity contribution in [1.82, 2.24) is 5.32 Å². The SMILES string of the molecule is CNC(c1ccccc1OCCOC)C(C)(C)C. The van der Waals surface area contributed by atoms with Crippen LogP contribution in [-0.2, 0) is 4.74 Å². The number of para-hydroxylation sites is 1. The Morgan fingerprint density at radius 3 is 2.39 bits per heavy atom. The number of hydrogen-bond acceptors (Lipinski definition) is 3. The lowest BCUT2D eigenvalue weighted by atomic mass is 9.82. The molecule has 1 unspecified atom stereocenters. The molecule has 3 nitrogen and oxygen atoms in total. The Labute approximate surface area is 110 Å². The highest BCUT2D eigenvalue weighted by Gasteiger charge is 2.26. The number of ether oxygens (including phenoxy) is 2. The topological polar surface area (TPSA) is 30.5 Å². The molecule has 18 heavy (non-hydrogen) atoms. The third-order valence-corrected chi connectivity index (χ3v) is 2.93. The maximum Gasteiger partial charge on any atom is 0.124 e. The lowest BCUT2D eigenvalue weighted by Gasteiger charge is -2.32. The predicted molar refractivity (Wildman–Crippen MR) is 75.1 cm³/mol. The molecule has 0 aliphatic carbocycles. The molecule has 0 heterocycles. The van der Waals surface area contributed by atoms with E-state index in [0.29, 0.717) is 13.2 Å². The number of hydrogen-bond donors (Lipinski definition) is 1. The van der Waals surface area contributed by atoms with Crippen molar-refractivity contribution in [2.24, 2.45) is 5.41 Å². The Morgan fingerprint density at radius 2 is 1.83 bits per heavy atom. The average molecular weight is 251 g/mol. The molecule has 0 saturated carbocycles. The molecule has 0 amide bonds. The molecule has 0 aromatic heterocycles. The second-order valence-corrected chi connectivity index (χ2v) is 5.47. The molecule has 0 saturated heterocycles. The fourth-order valence-corrected chi connectivity index (χ4v) is 2.14. The van der Waals surface area contributed by atoms with E-state index >= 15 is 0 Å². The molecule has 3 heteroatoms. The highest BCUT2D eigenvalue weighted by atomic mass is 16.5. The quantitative estimate of drug-likeness (QED) is 0.788. The van der Waals surface area contributed by atoms with Crippen molar-refractivity contribution in [3.8, 4) is 5.75 Å². The van der Waals surface area contributed by atoms with Gasteiger partial charge in [0.05, 0.1) is 6.61 Å². The van der Waals surface area contributed by atoms with Gasteiger partial charge in [0, 0.05) is 18.7 Å². The second-order valence-electron chi connectivity index (χ2n) is 5.47. The molecule has 0 radical (unpaired) electrons. The van der Waals surface area contributed by atoms with Gasteiger partial charge in [0.1, 0.15) is 12.4 Å². The van der Waals surface area contributed by atoms with Crippen LogP contribution in [0.15, 0.2) is 24.3 Å². The van der Waals surface area contributed by atoms with Crippen LogP contribution in [0, 0.1) is 5.41 Å². The summed E-state index contributed by atoms with van der Waals surface area (Å²) < 4.78 is 10.8. The van der Waals surface area contributed by atoms with Crippen molar-refractivity contribution >= 4 is 0 Å². The lowest BCUT2D eigenvalue weighted by molar-refractivity contribution is 0.144. The first kappa shape index (κ1) is 15.0. The zero-order valence-corrected chi connectivity index (χ0v) is 12.1. The van der Waals surface area contributed by atoms with Crippen molar-refractivity contribution in [2.75, 3.05) is 27.4 Å². The zero-order chi connectivity index (χ0) is 13.6. The summed E-state index contributed by atoms with van der Waals surface area (Å²) in [5, 5.41) is 3.38. The van der Waals surface area contributed by atoms with Crippen LogP contribution in [0.2, 0.25) is 0 Å². The Kier molecular flexibility index (Phi) is 5.63. The summed E-state index contributed by atoms with van der Waals surface area (Å²) in [6.45, 7) is 7.85. The summed E-state index contributed by atoms with van der Waals surface area (Å²) in [7, 11) is 3.67. The lowest BCUT2D eigenvalue weighted by Crippen LogP contribution is -2.30. The van der Waals surface area contributed by atoms with Crippen LogP contribution in [0.25, 0.3) is 0 Å². The Bertz CT molecular complexity index is 358. The van der Waals surface area contributed by atoms with Crippen LogP contribution in [-0.4, -0.2) is 27.4 Å².